The summed E-state index contributed by atoms with van der Waals surface area (Å²) in [6, 6.07) is 11.6. The van der Waals surface area contributed by atoms with Gasteiger partial charge in [0, 0.05) is 15.6 Å². The molecule has 0 aromatic heterocycles. The third-order valence-electron chi connectivity index (χ3n) is 4.39. The summed E-state index contributed by atoms with van der Waals surface area (Å²) >= 11 is 24.3. The largest absolute Gasteiger partial charge is 0.508 e. The van der Waals surface area contributed by atoms with E-state index in [2.05, 4.69) is 0 Å². The van der Waals surface area contributed by atoms with Crippen molar-refractivity contribution in [2.24, 2.45) is 0 Å². The average molecular weight is 494 g/mol. The van der Waals surface area contributed by atoms with Crippen molar-refractivity contribution in [2.75, 3.05) is 0 Å². The van der Waals surface area contributed by atoms with Crippen molar-refractivity contribution < 1.29 is 23.2 Å². The molecule has 0 fully saturated rings. The molecular weight excluding hydrogens is 482 g/mol. The van der Waals surface area contributed by atoms with Crippen LogP contribution in [0.25, 0.3) is 0 Å². The van der Waals surface area contributed by atoms with Crippen LogP contribution >= 0.6 is 46.4 Å². The van der Waals surface area contributed by atoms with Crippen LogP contribution in [-0.4, -0.2) is 23.2 Å². The van der Waals surface area contributed by atoms with E-state index in [0.717, 1.165) is 18.2 Å². The summed E-state index contributed by atoms with van der Waals surface area (Å²) in [5, 5.41) is 19.7. The molecular formula is C19H12Cl4O5S. The van der Waals surface area contributed by atoms with Crippen LogP contribution in [0, 0.1) is 0 Å². The predicted molar refractivity (Wildman–Crippen MR) is 114 cm³/mol. The molecule has 3 N–H and O–H groups in total. The zero-order valence-electron chi connectivity index (χ0n) is 14.3. The van der Waals surface area contributed by atoms with Crippen molar-refractivity contribution in [3.63, 3.8) is 0 Å². The molecule has 0 heterocycles. The van der Waals surface area contributed by atoms with Crippen molar-refractivity contribution in [3.8, 4) is 11.5 Å². The molecule has 29 heavy (non-hydrogen) atoms. The molecule has 0 aliphatic carbocycles. The van der Waals surface area contributed by atoms with Gasteiger partial charge in [0.25, 0.3) is 10.1 Å². The normalized spacial score (nSPS) is 13.8. The van der Waals surface area contributed by atoms with Crippen LogP contribution in [0.15, 0.2) is 54.6 Å². The number of benzene rings is 3. The molecule has 0 radical (unpaired) electrons. The molecule has 1 unspecified atom stereocenters. The molecule has 10 heteroatoms. The standard InChI is InChI=1S/C19H12Cl4O5S/c20-12-3-1-10(2-4-12)19(29(26,27)28,14-9-13(24)5-6-15(14)21)11-7-16(22)18(25)17(23)8-11/h1-9,24-25H,(H,26,27,28). The van der Waals surface area contributed by atoms with Crippen molar-refractivity contribution in [1.29, 1.82) is 0 Å². The highest BCUT2D eigenvalue weighted by molar-refractivity contribution is 7.87. The fraction of sp³-hybridized carbons (Fsp3) is 0.0526. The number of phenols is 2. The van der Waals surface area contributed by atoms with Gasteiger partial charge >= 0.3 is 0 Å². The summed E-state index contributed by atoms with van der Waals surface area (Å²) in [5.74, 6) is -0.748. The molecule has 0 aliphatic rings. The lowest BCUT2D eigenvalue weighted by Gasteiger charge is -2.33. The highest BCUT2D eigenvalue weighted by Gasteiger charge is 2.50. The fourth-order valence-corrected chi connectivity index (χ4v) is 5.38. The van der Waals surface area contributed by atoms with Crippen LogP contribution in [-0.2, 0) is 14.9 Å². The van der Waals surface area contributed by atoms with Gasteiger partial charge in [-0.05, 0) is 53.6 Å². The number of hydrogen-bond donors (Lipinski definition) is 3. The van der Waals surface area contributed by atoms with Gasteiger partial charge < -0.3 is 10.2 Å². The summed E-state index contributed by atoms with van der Waals surface area (Å²) in [6.07, 6.45) is 0. The summed E-state index contributed by atoms with van der Waals surface area (Å²) in [4.78, 5) is 0. The molecule has 0 aliphatic heterocycles. The van der Waals surface area contributed by atoms with Gasteiger partial charge in [-0.3, -0.25) is 4.55 Å². The molecule has 0 bridgehead atoms. The third-order valence-corrected chi connectivity index (χ3v) is 7.01. The Morgan fingerprint density at radius 2 is 1.28 bits per heavy atom. The van der Waals surface area contributed by atoms with Gasteiger partial charge in [-0.15, -0.1) is 0 Å². The first-order valence-corrected chi connectivity index (χ1v) is 10.8. The second kappa shape index (κ2) is 7.87. The van der Waals surface area contributed by atoms with Crippen LogP contribution < -0.4 is 0 Å². The van der Waals surface area contributed by atoms with E-state index in [9.17, 15) is 23.2 Å². The number of phenolic OH excluding ortho intramolecular Hbond substituents is 2. The van der Waals surface area contributed by atoms with Gasteiger partial charge in [0.1, 0.15) is 5.75 Å². The van der Waals surface area contributed by atoms with Crippen LogP contribution in [0.1, 0.15) is 16.7 Å². The van der Waals surface area contributed by atoms with E-state index in [-0.39, 0.29) is 37.5 Å². The van der Waals surface area contributed by atoms with E-state index in [1.54, 1.807) is 0 Å². The molecule has 3 aromatic rings. The monoisotopic (exact) mass is 492 g/mol. The quantitative estimate of drug-likeness (QED) is 0.311. The Bertz CT molecular complexity index is 1170. The Kier molecular flexibility index (Phi) is 5.98. The Labute approximate surface area is 186 Å². The van der Waals surface area contributed by atoms with Gasteiger partial charge in [-0.2, -0.15) is 8.42 Å². The Hall–Kier alpha value is -1.67. The first-order chi connectivity index (χ1) is 13.5. The minimum absolute atomic E-state index is 0.0507. The topological polar surface area (TPSA) is 94.8 Å². The van der Waals surface area contributed by atoms with Gasteiger partial charge in [0.05, 0.1) is 10.0 Å². The number of halogens is 4. The van der Waals surface area contributed by atoms with Crippen LogP contribution in [0.5, 0.6) is 11.5 Å². The molecule has 0 saturated heterocycles. The first kappa shape index (κ1) is 22.0. The zero-order valence-corrected chi connectivity index (χ0v) is 18.1. The molecule has 5 nitrogen and oxygen atoms in total. The lowest BCUT2D eigenvalue weighted by atomic mass is 9.83. The zero-order chi connectivity index (χ0) is 21.6. The van der Waals surface area contributed by atoms with Gasteiger partial charge in [0.2, 0.25) is 0 Å². The van der Waals surface area contributed by atoms with E-state index in [1.165, 1.54) is 36.4 Å². The maximum absolute atomic E-state index is 12.9. The smallest absolute Gasteiger partial charge is 0.283 e. The maximum atomic E-state index is 12.9. The Morgan fingerprint density at radius 1 is 0.724 bits per heavy atom. The molecule has 1 atom stereocenters. The molecule has 0 amide bonds. The fourth-order valence-electron chi connectivity index (χ4n) is 3.15. The van der Waals surface area contributed by atoms with Crippen molar-refractivity contribution in [2.45, 2.75) is 4.75 Å². The van der Waals surface area contributed by atoms with Gasteiger partial charge in [-0.1, -0.05) is 58.5 Å². The van der Waals surface area contributed by atoms with E-state index < -0.39 is 20.6 Å². The van der Waals surface area contributed by atoms with Crippen molar-refractivity contribution in [1.82, 2.24) is 0 Å². The average Bonchev–Trinajstić information content (AvgIpc) is 2.63. The van der Waals surface area contributed by atoms with E-state index in [0.29, 0.717) is 5.02 Å². The predicted octanol–water partition coefficient (Wildman–Crippen LogP) is 5.89. The summed E-state index contributed by atoms with van der Waals surface area (Å²) in [6.45, 7) is 0. The molecule has 3 rings (SSSR count). The minimum atomic E-state index is -5.02. The van der Waals surface area contributed by atoms with Gasteiger partial charge in [-0.25, -0.2) is 0 Å². The highest BCUT2D eigenvalue weighted by Crippen LogP contribution is 2.49. The van der Waals surface area contributed by atoms with Crippen LogP contribution in [0.4, 0.5) is 0 Å². The van der Waals surface area contributed by atoms with Crippen molar-refractivity contribution in [3.05, 3.63) is 91.4 Å². The molecule has 152 valence electrons. The maximum Gasteiger partial charge on any atom is 0.283 e. The van der Waals surface area contributed by atoms with Crippen LogP contribution in [0.3, 0.4) is 0 Å². The minimum Gasteiger partial charge on any atom is -0.508 e. The van der Waals surface area contributed by atoms with Crippen molar-refractivity contribution >= 4 is 56.5 Å². The molecule has 3 aromatic carbocycles. The van der Waals surface area contributed by atoms with E-state index in [1.807, 2.05) is 0 Å². The third kappa shape index (κ3) is 3.77. The lowest BCUT2D eigenvalue weighted by Crippen LogP contribution is -2.38. The Morgan fingerprint density at radius 3 is 1.79 bits per heavy atom. The first-order valence-electron chi connectivity index (χ1n) is 7.89. The summed E-state index contributed by atoms with van der Waals surface area (Å²) in [7, 11) is -5.02. The number of aromatic hydroxyl groups is 2. The van der Waals surface area contributed by atoms with E-state index in [4.69, 9.17) is 46.4 Å². The SMILES string of the molecule is O=S(=O)(O)C(c1ccc(Cl)cc1)(c1cc(Cl)c(O)c(Cl)c1)c1cc(O)ccc1Cl. The number of hydrogen-bond acceptors (Lipinski definition) is 4. The summed E-state index contributed by atoms with van der Waals surface area (Å²) < 4.78 is 34.0. The Balaban J connectivity index is 2.58. The summed E-state index contributed by atoms with van der Waals surface area (Å²) in [5.41, 5.74) is -0.209. The molecule has 0 saturated carbocycles. The van der Waals surface area contributed by atoms with E-state index >= 15 is 0 Å². The van der Waals surface area contributed by atoms with Crippen LogP contribution in [0.2, 0.25) is 20.1 Å². The molecule has 0 spiro atoms. The second-order valence-corrected chi connectivity index (χ2v) is 9.34. The highest BCUT2D eigenvalue weighted by atomic mass is 35.5. The number of rotatable bonds is 4. The van der Waals surface area contributed by atoms with Gasteiger partial charge in [0.15, 0.2) is 10.5 Å². The lowest BCUT2D eigenvalue weighted by molar-refractivity contribution is 0.455. The second-order valence-electron chi connectivity index (χ2n) is 6.12.